The molecule has 3 rings (SSSR count). The average Bonchev–Trinajstić information content (AvgIpc) is 2.67. The first-order chi connectivity index (χ1) is 12.9. The molecule has 0 fully saturated rings. The maximum Gasteiger partial charge on any atom is 0.163 e. The van der Waals surface area contributed by atoms with E-state index in [1.165, 1.54) is 0 Å². The van der Waals surface area contributed by atoms with Crippen molar-refractivity contribution in [1.82, 2.24) is 15.0 Å². The second-order valence-corrected chi connectivity index (χ2v) is 7.38. The molecule has 3 aromatic rings. The quantitative estimate of drug-likeness (QED) is 0.525. The summed E-state index contributed by atoms with van der Waals surface area (Å²) in [4.78, 5) is 13.2. The van der Waals surface area contributed by atoms with Crippen molar-refractivity contribution < 1.29 is 5.11 Å². The molecular weight excluding hydrogens is 362 g/mol. The third kappa shape index (κ3) is 5.39. The van der Waals surface area contributed by atoms with Gasteiger partial charge in [0.05, 0.1) is 0 Å². The van der Waals surface area contributed by atoms with E-state index >= 15 is 0 Å². The van der Waals surface area contributed by atoms with Gasteiger partial charge in [-0.2, -0.15) is 0 Å². The minimum Gasteiger partial charge on any atom is -0.396 e. The van der Waals surface area contributed by atoms with Crippen LogP contribution in [-0.2, 0) is 0 Å². The minimum atomic E-state index is -0.260. The van der Waals surface area contributed by atoms with Crippen LogP contribution < -0.4 is 10.6 Å². The number of nitrogens with zero attached hydrogens (tertiary/aromatic N) is 3. The monoisotopic (exact) mass is 383 g/mol. The largest absolute Gasteiger partial charge is 0.396 e. The summed E-state index contributed by atoms with van der Waals surface area (Å²) in [5.41, 5.74) is 1.44. The molecule has 2 aromatic heterocycles. The number of benzene rings is 1. The first-order valence-electron chi connectivity index (χ1n) is 8.63. The Labute approximate surface area is 163 Å². The van der Waals surface area contributed by atoms with Crippen LogP contribution in [0.1, 0.15) is 13.8 Å². The number of hydrogen-bond donors (Lipinski definition) is 3. The van der Waals surface area contributed by atoms with Gasteiger partial charge in [0, 0.05) is 42.1 Å². The number of halogens is 1. The van der Waals surface area contributed by atoms with Crippen LogP contribution in [0.4, 0.5) is 17.3 Å². The molecular formula is C20H22ClN5O. The normalized spacial score (nSPS) is 11.3. The average molecular weight is 384 g/mol. The number of aromatic nitrogens is 3. The SMILES string of the molecule is CC(C)(CO)CNc1cc(Nc2ccnc(Cl)c2)nc(-c2ccccc2)n1. The van der Waals surface area contributed by atoms with Crippen LogP contribution in [0.5, 0.6) is 0 Å². The van der Waals surface area contributed by atoms with Gasteiger partial charge in [0.1, 0.15) is 16.8 Å². The van der Waals surface area contributed by atoms with E-state index in [1.54, 1.807) is 12.3 Å². The Balaban J connectivity index is 1.92. The van der Waals surface area contributed by atoms with Crippen molar-refractivity contribution in [1.29, 1.82) is 0 Å². The number of nitrogens with one attached hydrogen (secondary N) is 2. The van der Waals surface area contributed by atoms with Crippen molar-refractivity contribution in [2.45, 2.75) is 13.8 Å². The van der Waals surface area contributed by atoms with Crippen LogP contribution in [0.3, 0.4) is 0 Å². The standard InChI is InChI=1S/C20H22ClN5O/c1-20(2,13-27)12-23-17-11-18(24-15-8-9-22-16(21)10-15)26-19(25-17)14-6-4-3-5-7-14/h3-11,27H,12-13H2,1-2H3,(H2,22,23,24,25,26). The Kier molecular flexibility index (Phi) is 5.88. The zero-order valence-corrected chi connectivity index (χ0v) is 16.0. The number of rotatable bonds is 7. The fraction of sp³-hybridized carbons (Fsp3) is 0.250. The molecule has 7 heteroatoms. The highest BCUT2D eigenvalue weighted by Crippen LogP contribution is 2.24. The molecule has 0 aliphatic carbocycles. The van der Waals surface area contributed by atoms with Crippen molar-refractivity contribution in [2.75, 3.05) is 23.8 Å². The van der Waals surface area contributed by atoms with Gasteiger partial charge in [-0.05, 0) is 12.1 Å². The third-order valence-electron chi connectivity index (χ3n) is 3.93. The molecule has 6 nitrogen and oxygen atoms in total. The second-order valence-electron chi connectivity index (χ2n) is 7.00. The predicted molar refractivity (Wildman–Crippen MR) is 109 cm³/mol. The van der Waals surface area contributed by atoms with Crippen molar-refractivity contribution in [3.8, 4) is 11.4 Å². The van der Waals surface area contributed by atoms with Crippen LogP contribution in [0.15, 0.2) is 54.7 Å². The lowest BCUT2D eigenvalue weighted by atomic mass is 9.95. The molecule has 0 saturated carbocycles. The topological polar surface area (TPSA) is 83.0 Å². The van der Waals surface area contributed by atoms with Gasteiger partial charge in [-0.1, -0.05) is 55.8 Å². The summed E-state index contributed by atoms with van der Waals surface area (Å²) in [7, 11) is 0. The number of pyridine rings is 1. The summed E-state index contributed by atoms with van der Waals surface area (Å²) in [6.07, 6.45) is 1.63. The molecule has 2 heterocycles. The highest BCUT2D eigenvalue weighted by molar-refractivity contribution is 6.29. The van der Waals surface area contributed by atoms with Gasteiger partial charge in [0.25, 0.3) is 0 Å². The summed E-state index contributed by atoms with van der Waals surface area (Å²) in [5, 5.41) is 16.4. The molecule has 0 aliphatic rings. The number of aliphatic hydroxyl groups excluding tert-OH is 1. The summed E-state index contributed by atoms with van der Waals surface area (Å²) >= 11 is 5.97. The van der Waals surface area contributed by atoms with Crippen molar-refractivity contribution in [2.24, 2.45) is 5.41 Å². The predicted octanol–water partition coefficient (Wildman–Crippen LogP) is 4.37. The van der Waals surface area contributed by atoms with Crippen LogP contribution >= 0.6 is 11.6 Å². The van der Waals surface area contributed by atoms with Crippen LogP contribution in [-0.4, -0.2) is 33.2 Å². The molecule has 27 heavy (non-hydrogen) atoms. The van der Waals surface area contributed by atoms with E-state index in [0.29, 0.717) is 29.2 Å². The van der Waals surface area contributed by atoms with Gasteiger partial charge in [0.15, 0.2) is 5.82 Å². The van der Waals surface area contributed by atoms with E-state index in [4.69, 9.17) is 11.6 Å². The van der Waals surface area contributed by atoms with Gasteiger partial charge in [0.2, 0.25) is 0 Å². The number of hydrogen-bond acceptors (Lipinski definition) is 6. The Hall–Kier alpha value is -2.70. The molecule has 0 unspecified atom stereocenters. The number of aliphatic hydroxyl groups is 1. The summed E-state index contributed by atoms with van der Waals surface area (Å²) < 4.78 is 0. The lowest BCUT2D eigenvalue weighted by Crippen LogP contribution is -2.27. The Morgan fingerprint density at radius 1 is 1.04 bits per heavy atom. The molecule has 0 spiro atoms. The summed E-state index contributed by atoms with van der Waals surface area (Å²) in [5.74, 6) is 1.91. The van der Waals surface area contributed by atoms with Gasteiger partial charge in [-0.3, -0.25) is 0 Å². The maximum absolute atomic E-state index is 9.48. The van der Waals surface area contributed by atoms with E-state index < -0.39 is 0 Å². The smallest absolute Gasteiger partial charge is 0.163 e. The summed E-state index contributed by atoms with van der Waals surface area (Å²) in [6.45, 7) is 4.63. The zero-order chi connectivity index (χ0) is 19.3. The fourth-order valence-electron chi connectivity index (χ4n) is 2.33. The lowest BCUT2D eigenvalue weighted by molar-refractivity contribution is 0.170. The lowest BCUT2D eigenvalue weighted by Gasteiger charge is -2.22. The summed E-state index contributed by atoms with van der Waals surface area (Å²) in [6, 6.07) is 15.1. The maximum atomic E-state index is 9.48. The highest BCUT2D eigenvalue weighted by atomic mass is 35.5. The molecule has 0 saturated heterocycles. The van der Waals surface area contributed by atoms with Gasteiger partial charge in [-0.15, -0.1) is 0 Å². The molecule has 0 bridgehead atoms. The van der Waals surface area contributed by atoms with Gasteiger partial charge in [-0.25, -0.2) is 15.0 Å². The van der Waals surface area contributed by atoms with E-state index in [0.717, 1.165) is 11.3 Å². The Morgan fingerprint density at radius 3 is 2.48 bits per heavy atom. The highest BCUT2D eigenvalue weighted by Gasteiger charge is 2.17. The van der Waals surface area contributed by atoms with Crippen LogP contribution in [0.25, 0.3) is 11.4 Å². The van der Waals surface area contributed by atoms with Crippen LogP contribution in [0, 0.1) is 5.41 Å². The molecule has 0 radical (unpaired) electrons. The first-order valence-corrected chi connectivity index (χ1v) is 9.01. The van der Waals surface area contributed by atoms with E-state index in [9.17, 15) is 5.11 Å². The first kappa shape index (κ1) is 19.1. The Morgan fingerprint density at radius 2 is 1.78 bits per heavy atom. The molecule has 0 amide bonds. The Bertz CT molecular complexity index is 902. The number of anilines is 3. The van der Waals surface area contributed by atoms with Gasteiger partial charge < -0.3 is 15.7 Å². The fourth-order valence-corrected chi connectivity index (χ4v) is 2.51. The van der Waals surface area contributed by atoms with Crippen molar-refractivity contribution in [3.05, 3.63) is 59.9 Å². The van der Waals surface area contributed by atoms with Crippen molar-refractivity contribution >= 4 is 28.9 Å². The molecule has 140 valence electrons. The molecule has 0 aliphatic heterocycles. The minimum absolute atomic E-state index is 0.0806. The van der Waals surface area contributed by atoms with E-state index in [2.05, 4.69) is 25.6 Å². The van der Waals surface area contributed by atoms with Crippen molar-refractivity contribution in [3.63, 3.8) is 0 Å². The van der Waals surface area contributed by atoms with Gasteiger partial charge >= 0.3 is 0 Å². The third-order valence-corrected chi connectivity index (χ3v) is 4.14. The van der Waals surface area contributed by atoms with Crippen LogP contribution in [0.2, 0.25) is 5.15 Å². The molecule has 0 atom stereocenters. The van der Waals surface area contributed by atoms with E-state index in [1.807, 2.05) is 56.3 Å². The zero-order valence-electron chi connectivity index (χ0n) is 15.3. The van der Waals surface area contributed by atoms with E-state index in [-0.39, 0.29) is 12.0 Å². The molecule has 1 aromatic carbocycles. The molecule has 3 N–H and O–H groups in total. The second kappa shape index (κ2) is 8.33.